The zero-order valence-electron chi connectivity index (χ0n) is 13.7. The largest absolute Gasteiger partial charge is 0.464 e. The lowest BCUT2D eigenvalue weighted by atomic mass is 9.92. The van der Waals surface area contributed by atoms with Crippen molar-refractivity contribution in [2.24, 2.45) is 5.73 Å². The molecule has 0 bridgehead atoms. The second-order valence-corrected chi connectivity index (χ2v) is 6.08. The number of nitrogens with two attached hydrogens (primary N) is 1. The Kier molecular flexibility index (Phi) is 8.25. The highest BCUT2D eigenvalue weighted by Crippen LogP contribution is 2.20. The summed E-state index contributed by atoms with van der Waals surface area (Å²) >= 11 is 0. The standard InChI is InChI=1S/C16H29NO4/c1-6-8-9-10-11-12-16(17,13(18)20-7-2)14(19)21-15(3,4)5/h6H,1,7-12,17H2,2-5H3. The van der Waals surface area contributed by atoms with Crippen molar-refractivity contribution < 1.29 is 19.1 Å². The molecule has 21 heavy (non-hydrogen) atoms. The summed E-state index contributed by atoms with van der Waals surface area (Å²) in [6, 6.07) is 0. The van der Waals surface area contributed by atoms with E-state index in [1.54, 1.807) is 27.7 Å². The number of unbranched alkanes of at least 4 members (excludes halogenated alkanes) is 3. The quantitative estimate of drug-likeness (QED) is 0.306. The summed E-state index contributed by atoms with van der Waals surface area (Å²) < 4.78 is 10.2. The number of hydrogen-bond donors (Lipinski definition) is 1. The molecule has 0 aromatic rings. The van der Waals surface area contributed by atoms with Gasteiger partial charge in [-0.05, 0) is 47.0 Å². The van der Waals surface area contributed by atoms with Gasteiger partial charge in [0.05, 0.1) is 6.61 Å². The third-order valence-electron chi connectivity index (χ3n) is 2.88. The highest BCUT2D eigenvalue weighted by Gasteiger charge is 2.46. The zero-order chi connectivity index (χ0) is 16.5. The summed E-state index contributed by atoms with van der Waals surface area (Å²) in [4.78, 5) is 24.3. The minimum Gasteiger partial charge on any atom is -0.464 e. The number of ether oxygens (including phenoxy) is 2. The molecule has 1 unspecified atom stereocenters. The lowest BCUT2D eigenvalue weighted by Crippen LogP contribution is -2.57. The van der Waals surface area contributed by atoms with Gasteiger partial charge in [0.25, 0.3) is 0 Å². The van der Waals surface area contributed by atoms with Gasteiger partial charge in [-0.3, -0.25) is 0 Å². The van der Waals surface area contributed by atoms with Crippen LogP contribution in [0.5, 0.6) is 0 Å². The van der Waals surface area contributed by atoms with Crippen molar-refractivity contribution in [2.45, 2.75) is 70.9 Å². The summed E-state index contributed by atoms with van der Waals surface area (Å²) in [6.07, 6.45) is 5.45. The van der Waals surface area contributed by atoms with E-state index in [0.29, 0.717) is 6.42 Å². The smallest absolute Gasteiger partial charge is 0.338 e. The number of carbonyl (C=O) groups excluding carboxylic acids is 2. The third-order valence-corrected chi connectivity index (χ3v) is 2.88. The van der Waals surface area contributed by atoms with Crippen LogP contribution in [-0.2, 0) is 19.1 Å². The van der Waals surface area contributed by atoms with Crippen LogP contribution in [0, 0.1) is 0 Å². The van der Waals surface area contributed by atoms with Crippen molar-refractivity contribution in [3.05, 3.63) is 12.7 Å². The number of rotatable bonds is 9. The van der Waals surface area contributed by atoms with Gasteiger partial charge in [-0.15, -0.1) is 6.58 Å². The molecule has 0 aliphatic heterocycles. The Labute approximate surface area is 127 Å². The molecule has 0 heterocycles. The molecule has 5 nitrogen and oxygen atoms in total. The Morgan fingerprint density at radius 3 is 2.24 bits per heavy atom. The van der Waals surface area contributed by atoms with Crippen LogP contribution in [-0.4, -0.2) is 29.7 Å². The molecule has 0 saturated carbocycles. The van der Waals surface area contributed by atoms with E-state index >= 15 is 0 Å². The first-order chi connectivity index (χ1) is 9.67. The van der Waals surface area contributed by atoms with Gasteiger partial charge in [0, 0.05) is 0 Å². The topological polar surface area (TPSA) is 78.6 Å². The zero-order valence-corrected chi connectivity index (χ0v) is 13.7. The molecule has 0 aromatic heterocycles. The molecule has 0 aromatic carbocycles. The fraction of sp³-hybridized carbons (Fsp3) is 0.750. The maximum Gasteiger partial charge on any atom is 0.338 e. The lowest BCUT2D eigenvalue weighted by molar-refractivity contribution is -0.171. The maximum absolute atomic E-state index is 12.3. The van der Waals surface area contributed by atoms with Gasteiger partial charge in [-0.1, -0.05) is 18.9 Å². The normalized spacial score (nSPS) is 14.1. The Morgan fingerprint density at radius 1 is 1.14 bits per heavy atom. The average molecular weight is 299 g/mol. The summed E-state index contributed by atoms with van der Waals surface area (Å²) in [5, 5.41) is 0. The summed E-state index contributed by atoms with van der Waals surface area (Å²) in [5.74, 6) is -1.44. The minimum absolute atomic E-state index is 0.178. The monoisotopic (exact) mass is 299 g/mol. The minimum atomic E-state index is -1.72. The van der Waals surface area contributed by atoms with E-state index in [0.717, 1.165) is 19.3 Å². The first kappa shape index (κ1) is 19.6. The molecule has 0 rings (SSSR count). The van der Waals surface area contributed by atoms with E-state index in [9.17, 15) is 9.59 Å². The van der Waals surface area contributed by atoms with Crippen molar-refractivity contribution in [3.8, 4) is 0 Å². The molecule has 122 valence electrons. The first-order valence-electron chi connectivity index (χ1n) is 7.48. The first-order valence-corrected chi connectivity index (χ1v) is 7.48. The Bertz CT molecular complexity index is 360. The van der Waals surface area contributed by atoms with Crippen molar-refractivity contribution in [3.63, 3.8) is 0 Å². The van der Waals surface area contributed by atoms with E-state index in [1.165, 1.54) is 0 Å². The fourth-order valence-electron chi connectivity index (χ4n) is 1.79. The van der Waals surface area contributed by atoms with Crippen LogP contribution in [0.2, 0.25) is 0 Å². The molecule has 2 N–H and O–H groups in total. The third kappa shape index (κ3) is 7.27. The molecule has 0 fully saturated rings. The van der Waals surface area contributed by atoms with E-state index in [1.807, 2.05) is 6.08 Å². The van der Waals surface area contributed by atoms with Gasteiger partial charge < -0.3 is 15.2 Å². The predicted molar refractivity (Wildman–Crippen MR) is 82.7 cm³/mol. The van der Waals surface area contributed by atoms with Crippen molar-refractivity contribution in [2.75, 3.05) is 6.61 Å². The van der Waals surface area contributed by atoms with E-state index in [-0.39, 0.29) is 13.0 Å². The number of carbonyl (C=O) groups is 2. The lowest BCUT2D eigenvalue weighted by Gasteiger charge is -2.29. The highest BCUT2D eigenvalue weighted by atomic mass is 16.6. The number of hydrogen-bond acceptors (Lipinski definition) is 5. The molecular formula is C16H29NO4. The fourth-order valence-corrected chi connectivity index (χ4v) is 1.79. The molecule has 1 atom stereocenters. The molecule has 0 aliphatic rings. The predicted octanol–water partition coefficient (Wildman–Crippen LogP) is 2.73. The van der Waals surface area contributed by atoms with Gasteiger partial charge in [0.15, 0.2) is 0 Å². The van der Waals surface area contributed by atoms with E-state index in [4.69, 9.17) is 15.2 Å². The maximum atomic E-state index is 12.3. The summed E-state index contributed by atoms with van der Waals surface area (Å²) in [5.41, 5.74) is 3.60. The van der Waals surface area contributed by atoms with Gasteiger partial charge in [0.2, 0.25) is 5.54 Å². The van der Waals surface area contributed by atoms with Crippen LogP contribution in [0.15, 0.2) is 12.7 Å². The second-order valence-electron chi connectivity index (χ2n) is 6.08. The number of allylic oxidation sites excluding steroid dienone is 1. The molecule has 0 aliphatic carbocycles. The molecule has 0 radical (unpaired) electrons. The van der Waals surface area contributed by atoms with Crippen LogP contribution < -0.4 is 5.73 Å². The Morgan fingerprint density at radius 2 is 1.76 bits per heavy atom. The van der Waals surface area contributed by atoms with Crippen molar-refractivity contribution in [1.29, 1.82) is 0 Å². The summed E-state index contributed by atoms with van der Waals surface area (Å²) in [6.45, 7) is 10.7. The molecule has 0 saturated heterocycles. The average Bonchev–Trinajstić information content (AvgIpc) is 2.36. The van der Waals surface area contributed by atoms with E-state index in [2.05, 4.69) is 6.58 Å². The molecule has 5 heteroatoms. The number of esters is 2. The van der Waals surface area contributed by atoms with Gasteiger partial charge >= 0.3 is 11.9 Å². The Hall–Kier alpha value is -1.36. The van der Waals surface area contributed by atoms with Crippen molar-refractivity contribution in [1.82, 2.24) is 0 Å². The molecule has 0 spiro atoms. The molecular weight excluding hydrogens is 270 g/mol. The van der Waals surface area contributed by atoms with Gasteiger partial charge in [-0.2, -0.15) is 0 Å². The van der Waals surface area contributed by atoms with Crippen molar-refractivity contribution >= 4 is 11.9 Å². The van der Waals surface area contributed by atoms with Crippen LogP contribution in [0.4, 0.5) is 0 Å². The van der Waals surface area contributed by atoms with Crippen LogP contribution in [0.1, 0.15) is 59.8 Å². The summed E-state index contributed by atoms with van der Waals surface area (Å²) in [7, 11) is 0. The highest BCUT2D eigenvalue weighted by molar-refractivity contribution is 6.04. The second kappa shape index (κ2) is 8.82. The molecule has 0 amide bonds. The van der Waals surface area contributed by atoms with Crippen LogP contribution in [0.3, 0.4) is 0 Å². The SMILES string of the molecule is C=CCCCCCC(N)(C(=O)OCC)C(=O)OC(C)(C)C. The van der Waals surface area contributed by atoms with E-state index < -0.39 is 23.1 Å². The van der Waals surface area contributed by atoms with Crippen LogP contribution in [0.25, 0.3) is 0 Å². The van der Waals surface area contributed by atoms with Gasteiger partial charge in [-0.25, -0.2) is 9.59 Å². The Balaban J connectivity index is 4.80. The van der Waals surface area contributed by atoms with Gasteiger partial charge in [0.1, 0.15) is 5.60 Å². The van der Waals surface area contributed by atoms with Crippen LogP contribution >= 0.6 is 0 Å².